The van der Waals surface area contributed by atoms with Crippen molar-refractivity contribution in [3.8, 4) is 0 Å². The normalized spacial score (nSPS) is 27.4. The Morgan fingerprint density at radius 1 is 1.56 bits per heavy atom. The predicted octanol–water partition coefficient (Wildman–Crippen LogP) is -0.418. The fourth-order valence-corrected chi connectivity index (χ4v) is 2.20. The molecule has 3 N–H and O–H groups in total. The fourth-order valence-electron chi connectivity index (χ4n) is 2.20. The van der Waals surface area contributed by atoms with Gasteiger partial charge in [-0.1, -0.05) is 0 Å². The summed E-state index contributed by atoms with van der Waals surface area (Å²) in [5, 5.41) is 25.9. The van der Waals surface area contributed by atoms with Crippen LogP contribution in [-0.2, 0) is 11.3 Å². The highest BCUT2D eigenvalue weighted by molar-refractivity contribution is 5.76. The molecule has 1 heterocycles. The maximum atomic E-state index is 11.7. The number of carbonyl (C=O) groups is 1. The van der Waals surface area contributed by atoms with Gasteiger partial charge in [0.15, 0.2) is 0 Å². The summed E-state index contributed by atoms with van der Waals surface area (Å²) >= 11 is 0. The lowest BCUT2D eigenvalue weighted by Gasteiger charge is -2.17. The van der Waals surface area contributed by atoms with Crippen LogP contribution in [0.5, 0.6) is 0 Å². The van der Waals surface area contributed by atoms with Gasteiger partial charge < -0.3 is 15.5 Å². The van der Waals surface area contributed by atoms with E-state index in [-0.39, 0.29) is 11.9 Å². The monoisotopic (exact) mass is 253 g/mol. The zero-order valence-corrected chi connectivity index (χ0v) is 10.4. The maximum absolute atomic E-state index is 11.7. The number of aliphatic hydroxyl groups excluding tert-OH is 2. The SMILES string of the molecule is Cc1ccn(CCC(=O)N[C@@H]2CC[C@@H](O)[C@@H]2O)n1. The Balaban J connectivity index is 1.75. The summed E-state index contributed by atoms with van der Waals surface area (Å²) in [4.78, 5) is 11.7. The highest BCUT2D eigenvalue weighted by Gasteiger charge is 2.34. The summed E-state index contributed by atoms with van der Waals surface area (Å²) in [5.41, 5.74) is 0.921. The molecule has 1 amide bonds. The Bertz CT molecular complexity index is 418. The molecule has 1 aliphatic rings. The van der Waals surface area contributed by atoms with Gasteiger partial charge in [0.2, 0.25) is 5.91 Å². The molecule has 0 saturated heterocycles. The van der Waals surface area contributed by atoms with E-state index in [2.05, 4.69) is 10.4 Å². The summed E-state index contributed by atoms with van der Waals surface area (Å²) in [5.74, 6) is -0.124. The first-order chi connectivity index (χ1) is 8.56. The van der Waals surface area contributed by atoms with Crippen molar-refractivity contribution in [2.24, 2.45) is 0 Å². The molecule has 1 saturated carbocycles. The number of amides is 1. The Labute approximate surface area is 106 Å². The Kier molecular flexibility index (Phi) is 3.98. The maximum Gasteiger partial charge on any atom is 0.222 e. The first-order valence-electron chi connectivity index (χ1n) is 6.22. The molecule has 0 unspecified atom stereocenters. The minimum absolute atomic E-state index is 0.124. The molecule has 0 aromatic carbocycles. The van der Waals surface area contributed by atoms with Crippen LogP contribution in [0, 0.1) is 6.92 Å². The van der Waals surface area contributed by atoms with E-state index in [4.69, 9.17) is 0 Å². The molecule has 6 heteroatoms. The predicted molar refractivity (Wildman–Crippen MR) is 64.8 cm³/mol. The Morgan fingerprint density at radius 3 is 2.89 bits per heavy atom. The van der Waals surface area contributed by atoms with Crippen LogP contribution in [0.25, 0.3) is 0 Å². The van der Waals surface area contributed by atoms with Gasteiger partial charge in [0, 0.05) is 19.2 Å². The molecule has 0 bridgehead atoms. The van der Waals surface area contributed by atoms with Crippen LogP contribution in [0.1, 0.15) is 25.0 Å². The lowest BCUT2D eigenvalue weighted by Crippen LogP contribution is -2.43. The van der Waals surface area contributed by atoms with Gasteiger partial charge in [0.05, 0.1) is 23.9 Å². The summed E-state index contributed by atoms with van der Waals surface area (Å²) in [7, 11) is 0. The van der Waals surface area contributed by atoms with Crippen LogP contribution in [0.15, 0.2) is 12.3 Å². The van der Waals surface area contributed by atoms with Crippen molar-refractivity contribution in [1.82, 2.24) is 15.1 Å². The van der Waals surface area contributed by atoms with Crippen molar-refractivity contribution >= 4 is 5.91 Å². The molecule has 0 radical (unpaired) electrons. The fraction of sp³-hybridized carbons (Fsp3) is 0.667. The number of aliphatic hydroxyl groups is 2. The quantitative estimate of drug-likeness (QED) is 0.680. The zero-order chi connectivity index (χ0) is 13.1. The van der Waals surface area contributed by atoms with E-state index in [0.717, 1.165) is 5.69 Å². The van der Waals surface area contributed by atoms with Gasteiger partial charge in [0.25, 0.3) is 0 Å². The van der Waals surface area contributed by atoms with Gasteiger partial charge in [-0.05, 0) is 25.8 Å². The second-order valence-electron chi connectivity index (χ2n) is 4.78. The molecule has 100 valence electrons. The Morgan fingerprint density at radius 2 is 2.33 bits per heavy atom. The molecular formula is C12H19N3O3. The molecule has 0 spiro atoms. The van der Waals surface area contributed by atoms with E-state index in [9.17, 15) is 15.0 Å². The van der Waals surface area contributed by atoms with Crippen molar-refractivity contribution in [1.29, 1.82) is 0 Å². The minimum atomic E-state index is -0.846. The topological polar surface area (TPSA) is 87.4 Å². The van der Waals surface area contributed by atoms with Crippen LogP contribution in [0.4, 0.5) is 0 Å². The molecule has 1 aliphatic carbocycles. The van der Waals surface area contributed by atoms with Gasteiger partial charge in [-0.3, -0.25) is 9.48 Å². The van der Waals surface area contributed by atoms with Crippen LogP contribution < -0.4 is 5.32 Å². The highest BCUT2D eigenvalue weighted by atomic mass is 16.3. The van der Waals surface area contributed by atoms with Gasteiger partial charge in [-0.15, -0.1) is 0 Å². The third kappa shape index (κ3) is 3.08. The van der Waals surface area contributed by atoms with E-state index >= 15 is 0 Å². The molecule has 1 fully saturated rings. The summed E-state index contributed by atoms with van der Waals surface area (Å²) in [6.07, 6.45) is 1.74. The third-order valence-corrected chi connectivity index (χ3v) is 3.27. The third-order valence-electron chi connectivity index (χ3n) is 3.27. The second-order valence-corrected chi connectivity index (χ2v) is 4.78. The second kappa shape index (κ2) is 5.49. The number of carbonyl (C=O) groups excluding carboxylic acids is 1. The number of hydrogen-bond acceptors (Lipinski definition) is 4. The van der Waals surface area contributed by atoms with E-state index in [1.807, 2.05) is 19.2 Å². The molecule has 18 heavy (non-hydrogen) atoms. The smallest absolute Gasteiger partial charge is 0.222 e. The largest absolute Gasteiger partial charge is 0.390 e. The number of aryl methyl sites for hydroxylation is 2. The van der Waals surface area contributed by atoms with Crippen molar-refractivity contribution < 1.29 is 15.0 Å². The van der Waals surface area contributed by atoms with Gasteiger partial charge in [0.1, 0.15) is 0 Å². The molecule has 1 aromatic rings. The lowest BCUT2D eigenvalue weighted by molar-refractivity contribution is -0.123. The molecule has 3 atom stereocenters. The minimum Gasteiger partial charge on any atom is -0.390 e. The Hall–Kier alpha value is -1.40. The average Bonchev–Trinajstić information content (AvgIpc) is 2.88. The van der Waals surface area contributed by atoms with Crippen LogP contribution in [0.3, 0.4) is 0 Å². The van der Waals surface area contributed by atoms with Crippen LogP contribution in [-0.4, -0.2) is 44.2 Å². The van der Waals surface area contributed by atoms with E-state index in [0.29, 0.717) is 25.8 Å². The number of aromatic nitrogens is 2. The first-order valence-corrected chi connectivity index (χ1v) is 6.22. The van der Waals surface area contributed by atoms with Crippen molar-refractivity contribution in [3.05, 3.63) is 18.0 Å². The first kappa shape index (κ1) is 13.0. The van der Waals surface area contributed by atoms with Crippen molar-refractivity contribution in [3.63, 3.8) is 0 Å². The lowest BCUT2D eigenvalue weighted by atomic mass is 10.2. The number of nitrogens with zero attached hydrogens (tertiary/aromatic N) is 2. The zero-order valence-electron chi connectivity index (χ0n) is 10.4. The average molecular weight is 253 g/mol. The summed E-state index contributed by atoms with van der Waals surface area (Å²) in [6, 6.07) is 1.56. The number of nitrogens with one attached hydrogen (secondary N) is 1. The van der Waals surface area contributed by atoms with Gasteiger partial charge in [-0.2, -0.15) is 5.10 Å². The van der Waals surface area contributed by atoms with Crippen LogP contribution in [0.2, 0.25) is 0 Å². The highest BCUT2D eigenvalue weighted by Crippen LogP contribution is 2.19. The molecular weight excluding hydrogens is 234 g/mol. The van der Waals surface area contributed by atoms with Crippen molar-refractivity contribution in [2.75, 3.05) is 0 Å². The molecule has 6 nitrogen and oxygen atoms in total. The molecule has 1 aromatic heterocycles. The summed E-state index contributed by atoms with van der Waals surface area (Å²) in [6.45, 7) is 2.41. The number of hydrogen-bond donors (Lipinski definition) is 3. The van der Waals surface area contributed by atoms with E-state index in [1.165, 1.54) is 0 Å². The van der Waals surface area contributed by atoms with Crippen LogP contribution >= 0.6 is 0 Å². The van der Waals surface area contributed by atoms with E-state index in [1.54, 1.807) is 4.68 Å². The standard InChI is InChI=1S/C12H19N3O3/c1-8-4-6-15(14-8)7-5-11(17)13-9-2-3-10(16)12(9)18/h4,6,9-10,12,16,18H,2-3,5,7H2,1H3,(H,13,17)/t9-,10-,12-/m1/s1. The van der Waals surface area contributed by atoms with E-state index < -0.39 is 12.2 Å². The molecule has 0 aliphatic heterocycles. The molecule has 2 rings (SSSR count). The van der Waals surface area contributed by atoms with Crippen molar-refractivity contribution in [2.45, 2.75) is 51.0 Å². The van der Waals surface area contributed by atoms with Gasteiger partial charge in [-0.25, -0.2) is 0 Å². The van der Waals surface area contributed by atoms with Gasteiger partial charge >= 0.3 is 0 Å². The summed E-state index contributed by atoms with van der Waals surface area (Å²) < 4.78 is 1.72. The number of rotatable bonds is 4.